The SMILES string of the molecule is CC1CCCC(C)N1C(=O)C1CC[C@H]2[C@@H]3CCC4NC(=O)C=C[C@]4(C)[C@@H]3CC[C@]12C. The topological polar surface area (TPSA) is 49.4 Å². The minimum atomic E-state index is 0.0767. The average Bonchev–Trinajstić information content (AvgIpc) is 3.05. The number of hydrogen-bond acceptors (Lipinski definition) is 2. The molecule has 166 valence electrons. The third-order valence-corrected chi connectivity index (χ3v) is 10.4. The Morgan fingerprint density at radius 2 is 1.73 bits per heavy atom. The average molecular weight is 413 g/mol. The summed E-state index contributed by atoms with van der Waals surface area (Å²) < 4.78 is 0. The van der Waals surface area contributed by atoms with Crippen LogP contribution in [0.3, 0.4) is 0 Å². The van der Waals surface area contributed by atoms with E-state index >= 15 is 0 Å². The summed E-state index contributed by atoms with van der Waals surface area (Å²) in [4.78, 5) is 28.0. The molecule has 0 aromatic carbocycles. The summed E-state index contributed by atoms with van der Waals surface area (Å²) >= 11 is 0. The number of piperidine rings is 1. The van der Waals surface area contributed by atoms with E-state index in [1.54, 1.807) is 6.08 Å². The van der Waals surface area contributed by atoms with Crippen molar-refractivity contribution in [1.82, 2.24) is 10.2 Å². The summed E-state index contributed by atoms with van der Waals surface area (Å²) in [6.45, 7) is 9.34. The van der Waals surface area contributed by atoms with Crippen molar-refractivity contribution in [1.29, 1.82) is 0 Å². The van der Waals surface area contributed by atoms with Gasteiger partial charge in [-0.3, -0.25) is 9.59 Å². The van der Waals surface area contributed by atoms with Crippen molar-refractivity contribution in [2.45, 2.75) is 104 Å². The first-order valence-electron chi connectivity index (χ1n) is 12.6. The maximum absolute atomic E-state index is 13.8. The van der Waals surface area contributed by atoms with E-state index in [1.165, 1.54) is 25.7 Å². The van der Waals surface area contributed by atoms with Crippen LogP contribution in [-0.2, 0) is 9.59 Å². The smallest absolute Gasteiger partial charge is 0.243 e. The monoisotopic (exact) mass is 412 g/mol. The molecule has 4 unspecified atom stereocenters. The van der Waals surface area contributed by atoms with Crippen molar-refractivity contribution < 1.29 is 9.59 Å². The molecule has 1 N–H and O–H groups in total. The van der Waals surface area contributed by atoms with Gasteiger partial charge in [0.2, 0.25) is 11.8 Å². The van der Waals surface area contributed by atoms with Crippen LogP contribution in [0, 0.1) is 34.5 Å². The van der Waals surface area contributed by atoms with Crippen molar-refractivity contribution in [3.63, 3.8) is 0 Å². The van der Waals surface area contributed by atoms with Gasteiger partial charge in [0.1, 0.15) is 0 Å². The van der Waals surface area contributed by atoms with Crippen LogP contribution in [0.15, 0.2) is 12.2 Å². The molecule has 0 radical (unpaired) electrons. The second-order valence-electron chi connectivity index (χ2n) is 11.8. The minimum absolute atomic E-state index is 0.0767. The molecule has 5 rings (SSSR count). The molecule has 0 bridgehead atoms. The molecule has 3 saturated carbocycles. The minimum Gasteiger partial charge on any atom is -0.349 e. The van der Waals surface area contributed by atoms with Crippen LogP contribution in [0.25, 0.3) is 0 Å². The zero-order chi connectivity index (χ0) is 21.3. The van der Waals surface area contributed by atoms with E-state index in [4.69, 9.17) is 0 Å². The highest BCUT2D eigenvalue weighted by Crippen LogP contribution is 2.65. The number of rotatable bonds is 1. The van der Waals surface area contributed by atoms with Gasteiger partial charge < -0.3 is 10.2 Å². The van der Waals surface area contributed by atoms with E-state index in [9.17, 15) is 9.59 Å². The molecule has 5 aliphatic rings. The molecule has 4 heteroatoms. The van der Waals surface area contributed by atoms with Gasteiger partial charge in [0, 0.05) is 29.5 Å². The van der Waals surface area contributed by atoms with Crippen molar-refractivity contribution in [3.8, 4) is 0 Å². The van der Waals surface area contributed by atoms with E-state index in [0.29, 0.717) is 35.7 Å². The molecular weight excluding hydrogens is 372 g/mol. The van der Waals surface area contributed by atoms with Gasteiger partial charge >= 0.3 is 0 Å². The number of hydrogen-bond donors (Lipinski definition) is 1. The highest BCUT2D eigenvalue weighted by molar-refractivity contribution is 5.89. The molecule has 2 amide bonds. The first-order valence-corrected chi connectivity index (χ1v) is 12.6. The van der Waals surface area contributed by atoms with Crippen molar-refractivity contribution >= 4 is 11.8 Å². The highest BCUT2D eigenvalue weighted by Gasteiger charge is 2.61. The van der Waals surface area contributed by atoms with Gasteiger partial charge in [-0.15, -0.1) is 0 Å². The quantitative estimate of drug-likeness (QED) is 0.679. The Bertz CT molecular complexity index is 752. The number of carbonyl (C=O) groups is 2. The Morgan fingerprint density at radius 3 is 2.47 bits per heavy atom. The first kappa shape index (κ1) is 20.6. The van der Waals surface area contributed by atoms with Gasteiger partial charge in [-0.25, -0.2) is 0 Å². The van der Waals surface area contributed by atoms with Gasteiger partial charge in [0.25, 0.3) is 0 Å². The Balaban J connectivity index is 1.40. The van der Waals surface area contributed by atoms with Crippen LogP contribution in [0.2, 0.25) is 0 Å². The number of nitrogens with one attached hydrogen (secondary N) is 1. The Hall–Kier alpha value is -1.32. The lowest BCUT2D eigenvalue weighted by atomic mass is 9.48. The van der Waals surface area contributed by atoms with Gasteiger partial charge in [-0.2, -0.15) is 0 Å². The van der Waals surface area contributed by atoms with E-state index in [0.717, 1.165) is 32.1 Å². The third kappa shape index (κ3) is 2.84. The molecule has 3 aliphatic carbocycles. The van der Waals surface area contributed by atoms with Crippen LogP contribution in [-0.4, -0.2) is 34.8 Å². The fourth-order valence-corrected chi connectivity index (χ4v) is 8.77. The van der Waals surface area contributed by atoms with Crippen LogP contribution in [0.1, 0.15) is 85.5 Å². The predicted molar refractivity (Wildman–Crippen MR) is 119 cm³/mol. The van der Waals surface area contributed by atoms with Gasteiger partial charge in [0.15, 0.2) is 0 Å². The number of fused-ring (bicyclic) bond motifs is 5. The first-order chi connectivity index (χ1) is 14.3. The summed E-state index contributed by atoms with van der Waals surface area (Å²) in [7, 11) is 0. The fraction of sp³-hybridized carbons (Fsp3) is 0.846. The van der Waals surface area contributed by atoms with Crippen molar-refractivity contribution in [2.75, 3.05) is 0 Å². The zero-order valence-corrected chi connectivity index (χ0v) is 19.3. The van der Waals surface area contributed by atoms with Crippen LogP contribution < -0.4 is 5.32 Å². The predicted octanol–water partition coefficient (Wildman–Crippen LogP) is 4.69. The molecule has 9 atom stereocenters. The van der Waals surface area contributed by atoms with Crippen LogP contribution >= 0.6 is 0 Å². The molecule has 4 nitrogen and oxygen atoms in total. The largest absolute Gasteiger partial charge is 0.349 e. The van der Waals surface area contributed by atoms with Gasteiger partial charge in [0.05, 0.1) is 0 Å². The fourth-order valence-electron chi connectivity index (χ4n) is 8.77. The molecule has 2 aliphatic heterocycles. The summed E-state index contributed by atoms with van der Waals surface area (Å²) in [5.41, 5.74) is 0.232. The second-order valence-corrected chi connectivity index (χ2v) is 11.8. The third-order valence-electron chi connectivity index (χ3n) is 10.4. The van der Waals surface area contributed by atoms with E-state index < -0.39 is 0 Å². The zero-order valence-electron chi connectivity index (χ0n) is 19.3. The van der Waals surface area contributed by atoms with Gasteiger partial charge in [-0.1, -0.05) is 19.9 Å². The molecule has 0 spiro atoms. The van der Waals surface area contributed by atoms with Crippen molar-refractivity contribution in [2.24, 2.45) is 34.5 Å². The standard InChI is InChI=1S/C26H40N2O2/c1-16-6-5-7-17(2)28(16)24(30)21-10-9-19-18-8-11-22-26(4,15-13-23(29)27-22)20(18)12-14-25(19,21)3/h13,15-22H,5-12,14H2,1-4H3,(H,27,29)/t16?,17?,18-,19-,20+,21?,22?,25-,26+/m0/s1. The van der Waals surface area contributed by atoms with E-state index in [-0.39, 0.29) is 28.7 Å². The maximum atomic E-state index is 13.8. The molecule has 0 aromatic heterocycles. The Labute approximate surface area is 182 Å². The van der Waals surface area contributed by atoms with Gasteiger partial charge in [-0.05, 0) is 101 Å². The number of nitrogens with zero attached hydrogens (tertiary/aromatic N) is 1. The number of carbonyl (C=O) groups excluding carboxylic acids is 2. The molecule has 4 fully saturated rings. The number of likely N-dealkylation sites (tertiary alicyclic amines) is 1. The lowest BCUT2D eigenvalue weighted by molar-refractivity contribution is -0.149. The summed E-state index contributed by atoms with van der Waals surface area (Å²) in [6.07, 6.45) is 14.5. The molecule has 1 saturated heterocycles. The summed E-state index contributed by atoms with van der Waals surface area (Å²) in [5, 5.41) is 3.25. The van der Waals surface area contributed by atoms with E-state index in [2.05, 4.69) is 44.0 Å². The molecule has 2 heterocycles. The summed E-state index contributed by atoms with van der Waals surface area (Å²) in [6, 6.07) is 1.07. The molecular formula is C26H40N2O2. The van der Waals surface area contributed by atoms with E-state index in [1.807, 2.05) is 0 Å². The number of amides is 2. The lowest BCUT2D eigenvalue weighted by Crippen LogP contribution is -2.60. The normalized spacial score (nSPS) is 50.3. The Morgan fingerprint density at radius 1 is 1.00 bits per heavy atom. The lowest BCUT2D eigenvalue weighted by Gasteiger charge is -2.59. The maximum Gasteiger partial charge on any atom is 0.243 e. The van der Waals surface area contributed by atoms with Crippen molar-refractivity contribution in [3.05, 3.63) is 12.2 Å². The Kier molecular flexibility index (Phi) is 4.87. The highest BCUT2D eigenvalue weighted by atomic mass is 16.2. The second kappa shape index (κ2) is 7.10. The molecule has 0 aromatic rings. The summed E-state index contributed by atoms with van der Waals surface area (Å²) in [5.74, 6) is 2.73. The van der Waals surface area contributed by atoms with Crippen LogP contribution in [0.4, 0.5) is 0 Å². The molecule has 30 heavy (non-hydrogen) atoms. The van der Waals surface area contributed by atoms with Crippen LogP contribution in [0.5, 0.6) is 0 Å².